The second-order valence-electron chi connectivity index (χ2n) is 5.31. The summed E-state index contributed by atoms with van der Waals surface area (Å²) in [5, 5.41) is 6.19. The van der Waals surface area contributed by atoms with E-state index in [0.29, 0.717) is 12.6 Å². The summed E-state index contributed by atoms with van der Waals surface area (Å²) in [6.45, 7) is 0.356. The fourth-order valence-electron chi connectivity index (χ4n) is 2.50. The van der Waals surface area contributed by atoms with Crippen molar-refractivity contribution in [1.29, 1.82) is 0 Å². The number of amides is 1. The van der Waals surface area contributed by atoms with Crippen LogP contribution in [-0.2, 0) is 14.3 Å². The van der Waals surface area contributed by atoms with Gasteiger partial charge < -0.3 is 15.4 Å². The van der Waals surface area contributed by atoms with Crippen molar-refractivity contribution < 1.29 is 14.3 Å². The minimum atomic E-state index is -0.121. The van der Waals surface area contributed by atoms with Gasteiger partial charge in [-0.2, -0.15) is 0 Å². The third-order valence-corrected chi connectivity index (χ3v) is 3.70. The number of esters is 1. The molecule has 0 aromatic heterocycles. The van der Waals surface area contributed by atoms with Gasteiger partial charge in [0.25, 0.3) is 0 Å². The highest BCUT2D eigenvalue weighted by molar-refractivity contribution is 5.78. The standard InChI is InChI=1S/C13H22N2O3/c1-18-13(17)9-3-2-4-11(7-9)14-8-12(16)15-10-5-6-10/h9-11,14H,2-8H2,1H3,(H,15,16). The Hall–Kier alpha value is -1.10. The number of hydrogen-bond donors (Lipinski definition) is 2. The highest BCUT2D eigenvalue weighted by Gasteiger charge is 2.28. The van der Waals surface area contributed by atoms with E-state index < -0.39 is 0 Å². The van der Waals surface area contributed by atoms with E-state index in [2.05, 4.69) is 10.6 Å². The Morgan fingerprint density at radius 2 is 1.94 bits per heavy atom. The first-order valence-electron chi connectivity index (χ1n) is 6.79. The summed E-state index contributed by atoms with van der Waals surface area (Å²) in [7, 11) is 1.43. The Kier molecular flexibility index (Phi) is 4.58. The Balaban J connectivity index is 1.68. The van der Waals surface area contributed by atoms with Gasteiger partial charge in [0.05, 0.1) is 19.6 Å². The lowest BCUT2D eigenvalue weighted by atomic mass is 9.86. The predicted molar refractivity (Wildman–Crippen MR) is 66.9 cm³/mol. The summed E-state index contributed by atoms with van der Waals surface area (Å²) >= 11 is 0. The Morgan fingerprint density at radius 1 is 1.17 bits per heavy atom. The third kappa shape index (κ3) is 3.98. The second-order valence-corrected chi connectivity index (χ2v) is 5.31. The van der Waals surface area contributed by atoms with Crippen LogP contribution in [0.2, 0.25) is 0 Å². The molecule has 102 valence electrons. The number of carbonyl (C=O) groups is 2. The van der Waals surface area contributed by atoms with Gasteiger partial charge in [-0.3, -0.25) is 9.59 Å². The van der Waals surface area contributed by atoms with Crippen LogP contribution in [-0.4, -0.2) is 37.6 Å². The molecule has 1 amide bonds. The summed E-state index contributed by atoms with van der Waals surface area (Å²) in [6.07, 6.45) is 5.95. The van der Waals surface area contributed by atoms with Crippen molar-refractivity contribution in [1.82, 2.24) is 10.6 Å². The zero-order valence-corrected chi connectivity index (χ0v) is 10.9. The molecule has 2 rings (SSSR count). The molecule has 0 aliphatic heterocycles. The van der Waals surface area contributed by atoms with E-state index in [1.165, 1.54) is 7.11 Å². The molecule has 0 aromatic rings. The van der Waals surface area contributed by atoms with Crippen LogP contribution in [0.5, 0.6) is 0 Å². The lowest BCUT2D eigenvalue weighted by Gasteiger charge is -2.28. The molecule has 0 aromatic carbocycles. The average Bonchev–Trinajstić information content (AvgIpc) is 3.19. The van der Waals surface area contributed by atoms with Crippen LogP contribution in [0, 0.1) is 5.92 Å². The second kappa shape index (κ2) is 6.18. The van der Waals surface area contributed by atoms with Crippen molar-refractivity contribution >= 4 is 11.9 Å². The van der Waals surface area contributed by atoms with Crippen LogP contribution in [0.3, 0.4) is 0 Å². The fraction of sp³-hybridized carbons (Fsp3) is 0.846. The van der Waals surface area contributed by atoms with Crippen LogP contribution >= 0.6 is 0 Å². The first-order chi connectivity index (χ1) is 8.69. The first kappa shape index (κ1) is 13.3. The number of nitrogens with one attached hydrogen (secondary N) is 2. The number of methoxy groups -OCH3 is 1. The summed E-state index contributed by atoms with van der Waals surface area (Å²) in [5.74, 6) is -0.0608. The molecular weight excluding hydrogens is 232 g/mol. The molecule has 2 N–H and O–H groups in total. The lowest BCUT2D eigenvalue weighted by Crippen LogP contribution is -2.42. The average molecular weight is 254 g/mol. The van der Waals surface area contributed by atoms with Crippen molar-refractivity contribution in [2.24, 2.45) is 5.92 Å². The summed E-state index contributed by atoms with van der Waals surface area (Å²) < 4.78 is 4.78. The van der Waals surface area contributed by atoms with E-state index in [0.717, 1.165) is 38.5 Å². The fourth-order valence-corrected chi connectivity index (χ4v) is 2.50. The first-order valence-corrected chi connectivity index (χ1v) is 6.79. The van der Waals surface area contributed by atoms with Gasteiger partial charge in [0.2, 0.25) is 5.91 Å². The van der Waals surface area contributed by atoms with Gasteiger partial charge in [-0.1, -0.05) is 6.42 Å². The van der Waals surface area contributed by atoms with Crippen molar-refractivity contribution in [3.8, 4) is 0 Å². The van der Waals surface area contributed by atoms with Crippen molar-refractivity contribution in [3.05, 3.63) is 0 Å². The van der Waals surface area contributed by atoms with Gasteiger partial charge in [-0.15, -0.1) is 0 Å². The van der Waals surface area contributed by atoms with Crippen LogP contribution in [0.1, 0.15) is 38.5 Å². The van der Waals surface area contributed by atoms with E-state index in [1.54, 1.807) is 0 Å². The van der Waals surface area contributed by atoms with Crippen molar-refractivity contribution in [3.63, 3.8) is 0 Å². The largest absolute Gasteiger partial charge is 0.469 e. The topological polar surface area (TPSA) is 67.4 Å². The molecular formula is C13H22N2O3. The molecule has 5 nitrogen and oxygen atoms in total. The summed E-state index contributed by atoms with van der Waals surface area (Å²) in [6, 6.07) is 0.668. The molecule has 0 heterocycles. The molecule has 2 atom stereocenters. The highest BCUT2D eigenvalue weighted by Crippen LogP contribution is 2.25. The molecule has 18 heavy (non-hydrogen) atoms. The van der Waals surface area contributed by atoms with Gasteiger partial charge in [-0.05, 0) is 32.1 Å². The maximum atomic E-state index is 11.5. The van der Waals surface area contributed by atoms with Gasteiger partial charge >= 0.3 is 5.97 Å². The van der Waals surface area contributed by atoms with Crippen molar-refractivity contribution in [2.45, 2.75) is 50.6 Å². The maximum Gasteiger partial charge on any atom is 0.308 e. The molecule has 2 saturated carbocycles. The van der Waals surface area contributed by atoms with Crippen molar-refractivity contribution in [2.75, 3.05) is 13.7 Å². The zero-order valence-electron chi connectivity index (χ0n) is 10.9. The smallest absolute Gasteiger partial charge is 0.308 e. The number of hydrogen-bond acceptors (Lipinski definition) is 4. The van der Waals surface area contributed by atoms with Gasteiger partial charge in [-0.25, -0.2) is 0 Å². The van der Waals surface area contributed by atoms with Gasteiger partial charge in [0.1, 0.15) is 0 Å². The Morgan fingerprint density at radius 3 is 2.61 bits per heavy atom. The van der Waals surface area contributed by atoms with Crippen LogP contribution in [0.15, 0.2) is 0 Å². The van der Waals surface area contributed by atoms with E-state index in [4.69, 9.17) is 4.74 Å². The number of carbonyl (C=O) groups excluding carboxylic acids is 2. The zero-order chi connectivity index (χ0) is 13.0. The van der Waals surface area contributed by atoms with E-state index in [9.17, 15) is 9.59 Å². The SMILES string of the molecule is COC(=O)C1CCCC(NCC(=O)NC2CC2)C1. The molecule has 2 aliphatic carbocycles. The molecule has 0 saturated heterocycles. The Bertz CT molecular complexity index is 315. The molecule has 2 aliphatic rings. The number of ether oxygens (including phenoxy) is 1. The quantitative estimate of drug-likeness (QED) is 0.705. The minimum Gasteiger partial charge on any atom is -0.469 e. The number of rotatable bonds is 5. The predicted octanol–water partition coefficient (Wildman–Crippen LogP) is 0.586. The van der Waals surface area contributed by atoms with Gasteiger partial charge in [0.15, 0.2) is 0 Å². The molecule has 5 heteroatoms. The molecule has 2 fully saturated rings. The van der Waals surface area contributed by atoms with Crippen LogP contribution in [0.25, 0.3) is 0 Å². The molecule has 2 unspecified atom stereocenters. The molecule has 0 radical (unpaired) electrons. The maximum absolute atomic E-state index is 11.5. The summed E-state index contributed by atoms with van der Waals surface area (Å²) in [4.78, 5) is 23.0. The van der Waals surface area contributed by atoms with E-state index in [-0.39, 0.29) is 23.8 Å². The van der Waals surface area contributed by atoms with E-state index in [1.807, 2.05) is 0 Å². The lowest BCUT2D eigenvalue weighted by molar-refractivity contribution is -0.146. The Labute approximate surface area is 108 Å². The highest BCUT2D eigenvalue weighted by atomic mass is 16.5. The third-order valence-electron chi connectivity index (χ3n) is 3.70. The van der Waals surface area contributed by atoms with Crippen LogP contribution in [0.4, 0.5) is 0 Å². The summed E-state index contributed by atoms with van der Waals surface area (Å²) in [5.41, 5.74) is 0. The van der Waals surface area contributed by atoms with E-state index >= 15 is 0 Å². The minimum absolute atomic E-state index is 0.00672. The molecule has 0 bridgehead atoms. The monoisotopic (exact) mass is 254 g/mol. The van der Waals surface area contributed by atoms with Gasteiger partial charge in [0, 0.05) is 12.1 Å². The molecule has 0 spiro atoms. The normalized spacial score (nSPS) is 27.6. The van der Waals surface area contributed by atoms with Crippen LogP contribution < -0.4 is 10.6 Å².